The minimum absolute atomic E-state index is 0.179. The monoisotopic (exact) mass is 302 g/mol. The lowest BCUT2D eigenvalue weighted by Crippen LogP contribution is -2.22. The van der Waals surface area contributed by atoms with Gasteiger partial charge >= 0.3 is 5.97 Å². The van der Waals surface area contributed by atoms with Gasteiger partial charge in [0.2, 0.25) is 0 Å². The Morgan fingerprint density at radius 1 is 1.43 bits per heavy atom. The summed E-state index contributed by atoms with van der Waals surface area (Å²) in [5.41, 5.74) is 2.14. The van der Waals surface area contributed by atoms with Crippen molar-refractivity contribution in [3.05, 3.63) is 57.6 Å². The summed E-state index contributed by atoms with van der Waals surface area (Å²) >= 11 is 1.47. The zero-order valence-corrected chi connectivity index (χ0v) is 12.2. The molecule has 6 heteroatoms. The van der Waals surface area contributed by atoms with Crippen LogP contribution in [0.25, 0.3) is 6.08 Å². The van der Waals surface area contributed by atoms with Crippen LogP contribution in [-0.2, 0) is 11.3 Å². The Balaban J connectivity index is 2.02. The minimum atomic E-state index is -0.997. The molecule has 2 heterocycles. The van der Waals surface area contributed by atoms with Crippen molar-refractivity contribution in [1.29, 1.82) is 0 Å². The van der Waals surface area contributed by atoms with Gasteiger partial charge in [-0.2, -0.15) is 0 Å². The van der Waals surface area contributed by atoms with Crippen molar-refractivity contribution in [2.75, 3.05) is 0 Å². The smallest absolute Gasteiger partial charge is 0.328 e. The van der Waals surface area contributed by atoms with Crippen LogP contribution < -0.4 is 5.32 Å². The van der Waals surface area contributed by atoms with Gasteiger partial charge in [0.25, 0.3) is 5.91 Å². The molecule has 0 aromatic carbocycles. The van der Waals surface area contributed by atoms with Gasteiger partial charge in [0, 0.05) is 28.4 Å². The molecule has 0 bridgehead atoms. The third kappa shape index (κ3) is 4.25. The maximum Gasteiger partial charge on any atom is 0.328 e. The first-order valence-electron chi connectivity index (χ1n) is 6.24. The van der Waals surface area contributed by atoms with Crippen molar-refractivity contribution >= 4 is 29.3 Å². The first kappa shape index (κ1) is 14.9. The topological polar surface area (TPSA) is 79.3 Å². The van der Waals surface area contributed by atoms with Gasteiger partial charge in [0.1, 0.15) is 0 Å². The van der Waals surface area contributed by atoms with Gasteiger partial charge < -0.3 is 10.4 Å². The molecule has 0 aliphatic carbocycles. The first-order valence-corrected chi connectivity index (χ1v) is 7.12. The van der Waals surface area contributed by atoms with Crippen LogP contribution >= 0.6 is 11.3 Å². The summed E-state index contributed by atoms with van der Waals surface area (Å²) in [5.74, 6) is -1.18. The van der Waals surface area contributed by atoms with E-state index < -0.39 is 5.97 Å². The van der Waals surface area contributed by atoms with Gasteiger partial charge in [0.15, 0.2) is 0 Å². The molecule has 2 rings (SSSR count). The van der Waals surface area contributed by atoms with E-state index in [9.17, 15) is 9.59 Å². The van der Waals surface area contributed by atoms with Gasteiger partial charge in [-0.05, 0) is 42.1 Å². The number of pyridine rings is 1. The Bertz CT molecular complexity index is 692. The standard InChI is InChI=1S/C15H14N2O3S/c1-10-8-12(4-6-16-10)15(20)17-9-13-11(5-7-21-13)2-3-14(18)19/h2-8H,9H2,1H3,(H,17,20)(H,18,19)/b3-2+. The van der Waals surface area contributed by atoms with Crippen molar-refractivity contribution in [1.82, 2.24) is 10.3 Å². The number of aliphatic carboxylic acids is 1. The van der Waals surface area contributed by atoms with Crippen LogP contribution in [-0.4, -0.2) is 22.0 Å². The molecule has 0 atom stereocenters. The van der Waals surface area contributed by atoms with E-state index in [1.54, 1.807) is 18.3 Å². The number of aryl methyl sites for hydroxylation is 1. The lowest BCUT2D eigenvalue weighted by atomic mass is 10.2. The van der Waals surface area contributed by atoms with Crippen LogP contribution in [0.2, 0.25) is 0 Å². The van der Waals surface area contributed by atoms with Crippen molar-refractivity contribution in [3.8, 4) is 0 Å². The van der Waals surface area contributed by atoms with E-state index in [4.69, 9.17) is 5.11 Å². The number of hydrogen-bond donors (Lipinski definition) is 2. The summed E-state index contributed by atoms with van der Waals surface area (Å²) in [6.45, 7) is 2.18. The van der Waals surface area contributed by atoms with Gasteiger partial charge in [-0.1, -0.05) is 0 Å². The highest BCUT2D eigenvalue weighted by Crippen LogP contribution is 2.18. The summed E-state index contributed by atoms with van der Waals surface area (Å²) in [6.07, 6.45) is 4.20. The zero-order valence-electron chi connectivity index (χ0n) is 11.4. The second kappa shape index (κ2) is 6.81. The molecule has 2 N–H and O–H groups in total. The quantitative estimate of drug-likeness (QED) is 0.832. The second-order valence-electron chi connectivity index (χ2n) is 4.34. The number of carboxylic acids is 1. The average Bonchev–Trinajstić information content (AvgIpc) is 2.90. The van der Waals surface area contributed by atoms with Crippen molar-refractivity contribution < 1.29 is 14.7 Å². The van der Waals surface area contributed by atoms with E-state index in [2.05, 4.69) is 10.3 Å². The molecule has 5 nitrogen and oxygen atoms in total. The number of rotatable bonds is 5. The highest BCUT2D eigenvalue weighted by atomic mass is 32.1. The molecule has 0 aliphatic rings. The van der Waals surface area contributed by atoms with Crippen LogP contribution in [0.15, 0.2) is 35.9 Å². The molecule has 21 heavy (non-hydrogen) atoms. The molecule has 0 saturated carbocycles. The molecule has 0 aliphatic heterocycles. The first-order chi connectivity index (χ1) is 10.1. The number of nitrogens with zero attached hydrogens (tertiary/aromatic N) is 1. The molecule has 0 radical (unpaired) electrons. The van der Waals surface area contributed by atoms with Gasteiger partial charge in [-0.3, -0.25) is 9.78 Å². The van der Waals surface area contributed by atoms with E-state index in [0.29, 0.717) is 12.1 Å². The summed E-state index contributed by atoms with van der Waals surface area (Å²) in [5, 5.41) is 13.3. The number of aromatic nitrogens is 1. The third-order valence-corrected chi connectivity index (χ3v) is 3.69. The van der Waals surface area contributed by atoms with Crippen molar-refractivity contribution in [2.24, 2.45) is 0 Å². The lowest BCUT2D eigenvalue weighted by molar-refractivity contribution is -0.131. The molecule has 2 aromatic heterocycles. The Morgan fingerprint density at radius 3 is 2.95 bits per heavy atom. The summed E-state index contributed by atoms with van der Waals surface area (Å²) in [6, 6.07) is 5.19. The number of amides is 1. The fraction of sp³-hybridized carbons (Fsp3) is 0.133. The summed E-state index contributed by atoms with van der Waals surface area (Å²) in [7, 11) is 0. The predicted octanol–water partition coefficient (Wildman–Crippen LogP) is 2.48. The van der Waals surface area contributed by atoms with Gasteiger partial charge in [-0.25, -0.2) is 4.79 Å². The summed E-state index contributed by atoms with van der Waals surface area (Å²) in [4.78, 5) is 27.5. The fourth-order valence-electron chi connectivity index (χ4n) is 1.75. The largest absolute Gasteiger partial charge is 0.478 e. The van der Waals surface area contributed by atoms with Gasteiger partial charge in [-0.15, -0.1) is 11.3 Å². The Kier molecular flexibility index (Phi) is 4.84. The fourth-order valence-corrected chi connectivity index (χ4v) is 2.56. The van der Waals surface area contributed by atoms with E-state index in [-0.39, 0.29) is 5.91 Å². The molecule has 0 unspecified atom stereocenters. The Hall–Kier alpha value is -2.47. The number of carbonyl (C=O) groups excluding carboxylic acids is 1. The Morgan fingerprint density at radius 2 is 2.24 bits per heavy atom. The molecule has 0 spiro atoms. The Labute approximate surface area is 126 Å². The maximum absolute atomic E-state index is 12.0. The van der Waals surface area contributed by atoms with Crippen LogP contribution in [0.3, 0.4) is 0 Å². The zero-order chi connectivity index (χ0) is 15.2. The minimum Gasteiger partial charge on any atom is -0.478 e. The third-order valence-electron chi connectivity index (χ3n) is 2.75. The normalized spacial score (nSPS) is 10.7. The highest BCUT2D eigenvalue weighted by molar-refractivity contribution is 7.10. The van der Waals surface area contributed by atoms with E-state index >= 15 is 0 Å². The van der Waals surface area contributed by atoms with Crippen LogP contribution in [0, 0.1) is 6.92 Å². The number of carbonyl (C=O) groups is 2. The number of nitrogens with one attached hydrogen (secondary N) is 1. The average molecular weight is 302 g/mol. The lowest BCUT2D eigenvalue weighted by Gasteiger charge is -2.05. The van der Waals surface area contributed by atoms with Crippen molar-refractivity contribution in [2.45, 2.75) is 13.5 Å². The maximum atomic E-state index is 12.0. The molecule has 2 aromatic rings. The molecule has 108 valence electrons. The molecular weight excluding hydrogens is 288 g/mol. The highest BCUT2D eigenvalue weighted by Gasteiger charge is 2.08. The molecular formula is C15H14N2O3S. The predicted molar refractivity (Wildman–Crippen MR) is 81.1 cm³/mol. The molecule has 1 amide bonds. The molecule has 0 saturated heterocycles. The molecule has 0 fully saturated rings. The SMILES string of the molecule is Cc1cc(C(=O)NCc2sccc2/C=C/C(=O)O)ccn1. The number of carboxylic acid groups (broad SMARTS) is 1. The van der Waals surface area contributed by atoms with E-state index in [1.807, 2.05) is 18.4 Å². The van der Waals surface area contributed by atoms with E-state index in [1.165, 1.54) is 17.4 Å². The van der Waals surface area contributed by atoms with Crippen molar-refractivity contribution in [3.63, 3.8) is 0 Å². The van der Waals surface area contributed by atoms with Crippen LogP contribution in [0.4, 0.5) is 0 Å². The summed E-state index contributed by atoms with van der Waals surface area (Å²) < 4.78 is 0. The van der Waals surface area contributed by atoms with Gasteiger partial charge in [0.05, 0.1) is 6.54 Å². The number of thiophene rings is 1. The van der Waals surface area contributed by atoms with E-state index in [0.717, 1.165) is 22.2 Å². The van der Waals surface area contributed by atoms with Crippen LogP contribution in [0.5, 0.6) is 0 Å². The second-order valence-corrected chi connectivity index (χ2v) is 5.34. The van der Waals surface area contributed by atoms with Crippen LogP contribution in [0.1, 0.15) is 26.5 Å². The number of hydrogen-bond acceptors (Lipinski definition) is 4.